The van der Waals surface area contributed by atoms with Crippen LogP contribution in [-0.4, -0.2) is 9.91 Å². The molecule has 0 amide bonds. The number of hydrogen-bond acceptors (Lipinski definition) is 3. The Bertz CT molecular complexity index is 325. The van der Waals surface area contributed by atoms with Gasteiger partial charge in [-0.3, -0.25) is 15.1 Å². The zero-order valence-corrected chi connectivity index (χ0v) is 5.98. The molecule has 4 nitrogen and oxygen atoms in total. The van der Waals surface area contributed by atoms with E-state index >= 15 is 0 Å². The normalized spacial score (nSPS) is 10.4. The fourth-order valence-electron chi connectivity index (χ4n) is 0.653. The third-order valence-electron chi connectivity index (χ3n) is 1.17. The Hall–Kier alpha value is -1.78. The number of nitrogens with zero attached hydrogens (tertiary/aromatic N) is 2. The predicted molar refractivity (Wildman–Crippen MR) is 40.2 cm³/mol. The van der Waals surface area contributed by atoms with Crippen molar-refractivity contribution >= 4 is 6.08 Å². The molecule has 1 aromatic heterocycles. The molecule has 0 radical (unpaired) electrons. The van der Waals surface area contributed by atoms with Gasteiger partial charge in [-0.1, -0.05) is 0 Å². The number of nitro groups is 1. The van der Waals surface area contributed by atoms with Gasteiger partial charge in [0.25, 0.3) is 0 Å². The molecule has 0 fully saturated rings. The van der Waals surface area contributed by atoms with Crippen LogP contribution in [0.5, 0.6) is 0 Å². The van der Waals surface area contributed by atoms with Gasteiger partial charge in [0.15, 0.2) is 0 Å². The van der Waals surface area contributed by atoms with E-state index in [4.69, 9.17) is 0 Å². The molecule has 0 saturated heterocycles. The van der Waals surface area contributed by atoms with Crippen molar-refractivity contribution in [3.8, 4) is 0 Å². The summed E-state index contributed by atoms with van der Waals surface area (Å²) in [5.74, 6) is -0.525. The molecule has 0 aliphatic rings. The molecule has 0 bridgehead atoms. The molecule has 12 heavy (non-hydrogen) atoms. The van der Waals surface area contributed by atoms with E-state index in [0.717, 1.165) is 12.1 Å². The van der Waals surface area contributed by atoms with Gasteiger partial charge >= 0.3 is 0 Å². The molecule has 0 saturated carbocycles. The van der Waals surface area contributed by atoms with Gasteiger partial charge in [0.05, 0.1) is 4.92 Å². The van der Waals surface area contributed by atoms with E-state index in [9.17, 15) is 14.5 Å². The van der Waals surface area contributed by atoms with Crippen LogP contribution in [0.2, 0.25) is 0 Å². The summed E-state index contributed by atoms with van der Waals surface area (Å²) in [6.45, 7) is 0. The van der Waals surface area contributed by atoms with Crippen molar-refractivity contribution in [3.63, 3.8) is 0 Å². The van der Waals surface area contributed by atoms with Gasteiger partial charge in [-0.25, -0.2) is 4.39 Å². The Morgan fingerprint density at radius 2 is 2.42 bits per heavy atom. The standard InChI is InChI=1S/C7H5FN2O2/c8-7-1-3-9-5-6(7)2-4-10(11)12/h1-5H/b4-2+. The quantitative estimate of drug-likeness (QED) is 0.496. The van der Waals surface area contributed by atoms with Crippen LogP contribution in [0.25, 0.3) is 6.08 Å². The zero-order valence-electron chi connectivity index (χ0n) is 5.98. The van der Waals surface area contributed by atoms with Crippen LogP contribution in [0.1, 0.15) is 5.56 Å². The molecule has 0 N–H and O–H groups in total. The molecule has 0 unspecified atom stereocenters. The second-order valence-corrected chi connectivity index (χ2v) is 2.00. The lowest BCUT2D eigenvalue weighted by molar-refractivity contribution is -0.400. The lowest BCUT2D eigenvalue weighted by Gasteiger charge is -1.90. The van der Waals surface area contributed by atoms with E-state index in [2.05, 4.69) is 4.98 Å². The average molecular weight is 168 g/mol. The Balaban J connectivity index is 2.89. The first-order valence-corrected chi connectivity index (χ1v) is 3.11. The smallest absolute Gasteiger partial charge is 0.235 e. The summed E-state index contributed by atoms with van der Waals surface area (Å²) < 4.78 is 12.7. The highest BCUT2D eigenvalue weighted by Gasteiger charge is 1.97. The summed E-state index contributed by atoms with van der Waals surface area (Å²) in [5.41, 5.74) is 0.106. The first kappa shape index (κ1) is 8.32. The Kier molecular flexibility index (Phi) is 2.47. The minimum atomic E-state index is -0.660. The second kappa shape index (κ2) is 3.56. The van der Waals surface area contributed by atoms with Gasteiger partial charge < -0.3 is 0 Å². The summed E-state index contributed by atoms with van der Waals surface area (Å²) in [6, 6.07) is 1.14. The summed E-state index contributed by atoms with van der Waals surface area (Å²) in [7, 11) is 0. The van der Waals surface area contributed by atoms with E-state index in [1.165, 1.54) is 12.4 Å². The number of pyridine rings is 1. The molecule has 0 aliphatic carbocycles. The zero-order chi connectivity index (χ0) is 8.97. The van der Waals surface area contributed by atoms with Crippen LogP contribution in [0.3, 0.4) is 0 Å². The Morgan fingerprint density at radius 3 is 3.00 bits per heavy atom. The Morgan fingerprint density at radius 1 is 1.67 bits per heavy atom. The SMILES string of the molecule is O=[N+]([O-])/C=C/c1cnccc1F. The number of aromatic nitrogens is 1. The maximum Gasteiger partial charge on any atom is 0.235 e. The molecule has 0 spiro atoms. The summed E-state index contributed by atoms with van der Waals surface area (Å²) >= 11 is 0. The molecule has 0 aliphatic heterocycles. The van der Waals surface area contributed by atoms with Gasteiger partial charge in [-0.2, -0.15) is 0 Å². The highest BCUT2D eigenvalue weighted by atomic mass is 19.1. The van der Waals surface area contributed by atoms with Crippen molar-refractivity contribution < 1.29 is 9.31 Å². The third-order valence-corrected chi connectivity index (χ3v) is 1.17. The molecule has 62 valence electrons. The number of rotatable bonds is 2. The number of halogens is 1. The van der Waals surface area contributed by atoms with Crippen LogP contribution >= 0.6 is 0 Å². The molecule has 1 rings (SSSR count). The van der Waals surface area contributed by atoms with Crippen LogP contribution in [0.4, 0.5) is 4.39 Å². The van der Waals surface area contributed by atoms with Crippen molar-refractivity contribution in [2.75, 3.05) is 0 Å². The fourth-order valence-corrected chi connectivity index (χ4v) is 0.653. The predicted octanol–water partition coefficient (Wildman–Crippen LogP) is 1.47. The van der Waals surface area contributed by atoms with E-state index < -0.39 is 10.7 Å². The van der Waals surface area contributed by atoms with Crippen LogP contribution in [0.15, 0.2) is 24.7 Å². The van der Waals surface area contributed by atoms with E-state index in [1.807, 2.05) is 0 Å². The highest BCUT2D eigenvalue weighted by Crippen LogP contribution is 2.05. The molecular weight excluding hydrogens is 163 g/mol. The number of hydrogen-bond donors (Lipinski definition) is 0. The van der Waals surface area contributed by atoms with E-state index in [0.29, 0.717) is 6.20 Å². The summed E-state index contributed by atoms with van der Waals surface area (Å²) in [4.78, 5) is 12.8. The van der Waals surface area contributed by atoms with Gasteiger partial charge in [-0.05, 0) is 6.07 Å². The van der Waals surface area contributed by atoms with Crippen molar-refractivity contribution in [1.29, 1.82) is 0 Å². The fraction of sp³-hybridized carbons (Fsp3) is 0. The van der Waals surface area contributed by atoms with Crippen LogP contribution < -0.4 is 0 Å². The molecule has 0 atom stereocenters. The minimum absolute atomic E-state index is 0.106. The lowest BCUT2D eigenvalue weighted by atomic mass is 10.3. The van der Waals surface area contributed by atoms with E-state index in [-0.39, 0.29) is 5.56 Å². The molecular formula is C7H5FN2O2. The Labute approximate surface area is 67.5 Å². The van der Waals surface area contributed by atoms with Gasteiger partial charge in [-0.15, -0.1) is 0 Å². The average Bonchev–Trinajstić information content (AvgIpc) is 2.03. The van der Waals surface area contributed by atoms with Crippen molar-refractivity contribution in [2.45, 2.75) is 0 Å². The van der Waals surface area contributed by atoms with Crippen molar-refractivity contribution in [3.05, 3.63) is 46.2 Å². The summed E-state index contributed by atoms with van der Waals surface area (Å²) in [5, 5.41) is 9.86. The first-order chi connectivity index (χ1) is 5.70. The van der Waals surface area contributed by atoms with E-state index in [1.54, 1.807) is 0 Å². The lowest BCUT2D eigenvalue weighted by Crippen LogP contribution is -1.86. The maximum atomic E-state index is 12.7. The molecule has 1 aromatic rings. The van der Waals surface area contributed by atoms with Gasteiger partial charge in [0.1, 0.15) is 5.82 Å². The van der Waals surface area contributed by atoms with Gasteiger partial charge in [0.2, 0.25) is 6.20 Å². The van der Waals surface area contributed by atoms with Crippen molar-refractivity contribution in [1.82, 2.24) is 4.98 Å². The second-order valence-electron chi connectivity index (χ2n) is 2.00. The topological polar surface area (TPSA) is 56.0 Å². The van der Waals surface area contributed by atoms with Crippen molar-refractivity contribution in [2.24, 2.45) is 0 Å². The first-order valence-electron chi connectivity index (χ1n) is 3.11. The highest BCUT2D eigenvalue weighted by molar-refractivity contribution is 5.46. The van der Waals surface area contributed by atoms with Gasteiger partial charge in [0, 0.05) is 24.0 Å². The third kappa shape index (κ3) is 2.12. The molecule has 5 heteroatoms. The molecule has 1 heterocycles. The molecule has 0 aromatic carbocycles. The summed E-state index contributed by atoms with van der Waals surface area (Å²) in [6.07, 6.45) is 4.22. The monoisotopic (exact) mass is 168 g/mol. The minimum Gasteiger partial charge on any atom is -0.264 e. The van der Waals surface area contributed by atoms with Crippen LogP contribution in [0, 0.1) is 15.9 Å². The maximum absolute atomic E-state index is 12.7. The largest absolute Gasteiger partial charge is 0.264 e. The van der Waals surface area contributed by atoms with Crippen LogP contribution in [-0.2, 0) is 0 Å².